The largest absolute Gasteiger partial charge is 0.366 e. The van der Waals surface area contributed by atoms with Gasteiger partial charge in [-0.05, 0) is 63.9 Å². The molecule has 2 aliphatic heterocycles. The Hall–Kier alpha value is -4.20. The minimum absolute atomic E-state index is 0. The molecule has 4 N–H and O–H groups in total. The Morgan fingerprint density at radius 3 is 2.27 bits per heavy atom. The summed E-state index contributed by atoms with van der Waals surface area (Å²) in [6.45, 7) is 6.29. The maximum atomic E-state index is 13.4. The number of dihydropyridines is 1. The molecule has 2 aliphatic rings. The van der Waals surface area contributed by atoms with E-state index in [-0.39, 0.29) is 29.6 Å². The van der Waals surface area contributed by atoms with Crippen LogP contribution in [0, 0.1) is 21.4 Å². The van der Waals surface area contributed by atoms with Crippen molar-refractivity contribution in [3.8, 4) is 6.07 Å². The van der Waals surface area contributed by atoms with Crippen molar-refractivity contribution in [2.45, 2.75) is 44.4 Å². The highest BCUT2D eigenvalue weighted by Gasteiger charge is 2.37. The van der Waals surface area contributed by atoms with Crippen LogP contribution in [0.1, 0.15) is 50.2 Å². The fourth-order valence-corrected chi connectivity index (χ4v) is 5.72. The lowest BCUT2D eigenvalue weighted by atomic mass is 9.74. The minimum Gasteiger partial charge on any atom is -0.366 e. The van der Waals surface area contributed by atoms with E-state index in [0.717, 1.165) is 44.5 Å². The molecule has 216 valence electrons. The van der Waals surface area contributed by atoms with Crippen molar-refractivity contribution in [1.82, 2.24) is 15.5 Å². The molecule has 0 bridgehead atoms. The van der Waals surface area contributed by atoms with Crippen LogP contribution < -0.4 is 16.4 Å². The number of carbonyl (C=O) groups is 2. The van der Waals surface area contributed by atoms with E-state index in [1.807, 2.05) is 30.3 Å². The standard InChI is InChI=1S/C30H34N6O4.ClH/c1-20-25(28(32)37)27(22-9-11-24(12-10-22)36(39)40)26(21(2)34-20)29(38)33-15-6-16-35-17-13-30(19-31,14-18-35)23-7-4-3-5-8-23;/h3-5,7-12,27,34H,6,13-18H2,1-2H3,(H2,32,37)(H,33,38);1H. The number of nitriles is 1. The lowest BCUT2D eigenvalue weighted by molar-refractivity contribution is -0.384. The fraction of sp³-hybridized carbons (Fsp3) is 0.367. The molecular weight excluding hydrogens is 544 g/mol. The summed E-state index contributed by atoms with van der Waals surface area (Å²) in [5, 5.41) is 27.1. The van der Waals surface area contributed by atoms with E-state index in [0.29, 0.717) is 29.1 Å². The number of piperidine rings is 1. The van der Waals surface area contributed by atoms with Crippen LogP contribution in [0.2, 0.25) is 0 Å². The number of primary amides is 1. The van der Waals surface area contributed by atoms with Crippen LogP contribution in [-0.2, 0) is 15.0 Å². The molecule has 2 amide bonds. The number of non-ortho nitro benzene ring substituents is 1. The third-order valence-electron chi connectivity index (χ3n) is 7.89. The highest BCUT2D eigenvalue weighted by atomic mass is 35.5. The minimum atomic E-state index is -0.751. The summed E-state index contributed by atoms with van der Waals surface area (Å²) in [6, 6.07) is 18.3. The molecule has 0 radical (unpaired) electrons. The fourth-order valence-electron chi connectivity index (χ4n) is 5.72. The summed E-state index contributed by atoms with van der Waals surface area (Å²) in [7, 11) is 0. The number of rotatable bonds is 9. The zero-order valence-electron chi connectivity index (χ0n) is 23.2. The maximum absolute atomic E-state index is 13.4. The molecule has 2 aromatic carbocycles. The van der Waals surface area contributed by atoms with E-state index >= 15 is 0 Å². The smallest absolute Gasteiger partial charge is 0.269 e. The van der Waals surface area contributed by atoms with E-state index < -0.39 is 22.2 Å². The van der Waals surface area contributed by atoms with Gasteiger partial charge in [0.05, 0.1) is 16.4 Å². The normalized spacial score (nSPS) is 18.5. The number of halogens is 1. The molecule has 0 aromatic heterocycles. The molecule has 2 aromatic rings. The van der Waals surface area contributed by atoms with E-state index in [4.69, 9.17) is 5.73 Å². The molecule has 0 saturated carbocycles. The van der Waals surface area contributed by atoms with Crippen molar-refractivity contribution in [2.75, 3.05) is 26.2 Å². The van der Waals surface area contributed by atoms with Crippen LogP contribution in [0.3, 0.4) is 0 Å². The van der Waals surface area contributed by atoms with Gasteiger partial charge in [-0.3, -0.25) is 19.7 Å². The number of nitrogens with zero attached hydrogens (tertiary/aromatic N) is 3. The molecule has 1 atom stereocenters. The molecule has 0 spiro atoms. The molecule has 1 saturated heterocycles. The van der Waals surface area contributed by atoms with Gasteiger partial charge in [0, 0.05) is 47.1 Å². The summed E-state index contributed by atoms with van der Waals surface area (Å²) in [5.74, 6) is -1.75. The van der Waals surface area contributed by atoms with Crippen molar-refractivity contribution in [3.63, 3.8) is 0 Å². The highest BCUT2D eigenvalue weighted by Crippen LogP contribution is 2.38. The van der Waals surface area contributed by atoms with Crippen molar-refractivity contribution >= 4 is 29.9 Å². The second-order valence-electron chi connectivity index (χ2n) is 10.4. The van der Waals surface area contributed by atoms with Crippen molar-refractivity contribution in [2.24, 2.45) is 5.73 Å². The highest BCUT2D eigenvalue weighted by molar-refractivity contribution is 6.03. The number of nitrogens with two attached hydrogens (primary N) is 1. The first-order valence-electron chi connectivity index (χ1n) is 13.4. The van der Waals surface area contributed by atoms with Gasteiger partial charge in [0.2, 0.25) is 11.8 Å². The van der Waals surface area contributed by atoms with E-state index in [1.54, 1.807) is 26.0 Å². The number of carbonyl (C=O) groups excluding carboxylic acids is 2. The second kappa shape index (κ2) is 13.4. The molecular formula is C30H35ClN6O4. The van der Waals surface area contributed by atoms with Gasteiger partial charge in [-0.2, -0.15) is 5.26 Å². The molecule has 11 heteroatoms. The molecule has 1 unspecified atom stereocenters. The van der Waals surface area contributed by atoms with Crippen LogP contribution >= 0.6 is 12.4 Å². The van der Waals surface area contributed by atoms with Gasteiger partial charge in [-0.25, -0.2) is 0 Å². The third-order valence-corrected chi connectivity index (χ3v) is 7.89. The molecule has 41 heavy (non-hydrogen) atoms. The van der Waals surface area contributed by atoms with E-state index in [9.17, 15) is 25.0 Å². The Morgan fingerprint density at radius 1 is 1.10 bits per heavy atom. The number of nitro groups is 1. The Balaban J connectivity index is 0.00000462. The van der Waals surface area contributed by atoms with Gasteiger partial charge >= 0.3 is 0 Å². The van der Waals surface area contributed by atoms with Gasteiger partial charge in [0.1, 0.15) is 0 Å². The Bertz CT molecular complexity index is 1390. The van der Waals surface area contributed by atoms with Crippen LogP contribution in [-0.4, -0.2) is 47.8 Å². The van der Waals surface area contributed by atoms with Crippen LogP contribution in [0.25, 0.3) is 0 Å². The number of benzene rings is 2. The number of allylic oxidation sites excluding steroid dienone is 2. The zero-order chi connectivity index (χ0) is 28.9. The Morgan fingerprint density at radius 2 is 1.71 bits per heavy atom. The van der Waals surface area contributed by atoms with Crippen molar-refractivity contribution in [1.29, 1.82) is 5.26 Å². The number of hydrogen-bond donors (Lipinski definition) is 3. The molecule has 1 fully saturated rings. The van der Waals surface area contributed by atoms with Crippen molar-refractivity contribution in [3.05, 3.63) is 98.4 Å². The number of nitro benzene ring substituents is 1. The number of amides is 2. The first kappa shape index (κ1) is 31.3. The second-order valence-corrected chi connectivity index (χ2v) is 10.4. The van der Waals surface area contributed by atoms with Crippen LogP contribution in [0.5, 0.6) is 0 Å². The summed E-state index contributed by atoms with van der Waals surface area (Å²) >= 11 is 0. The summed E-state index contributed by atoms with van der Waals surface area (Å²) in [4.78, 5) is 38.8. The first-order chi connectivity index (χ1) is 19.2. The van der Waals surface area contributed by atoms with Gasteiger partial charge in [-0.1, -0.05) is 42.5 Å². The van der Waals surface area contributed by atoms with E-state index in [1.165, 1.54) is 12.1 Å². The molecule has 2 heterocycles. The zero-order valence-corrected chi connectivity index (χ0v) is 24.0. The monoisotopic (exact) mass is 578 g/mol. The quantitative estimate of drug-likeness (QED) is 0.232. The summed E-state index contributed by atoms with van der Waals surface area (Å²) in [6.07, 6.45) is 2.24. The van der Waals surface area contributed by atoms with Gasteiger partial charge in [0.15, 0.2) is 0 Å². The number of nitrogens with one attached hydrogen (secondary N) is 2. The van der Waals surface area contributed by atoms with Gasteiger partial charge < -0.3 is 21.3 Å². The predicted molar refractivity (Wildman–Crippen MR) is 158 cm³/mol. The third kappa shape index (κ3) is 6.76. The van der Waals surface area contributed by atoms with E-state index in [2.05, 4.69) is 21.6 Å². The number of hydrogen-bond acceptors (Lipinski definition) is 7. The lowest BCUT2D eigenvalue weighted by Crippen LogP contribution is -2.43. The number of likely N-dealkylation sites (tertiary alicyclic amines) is 1. The van der Waals surface area contributed by atoms with Gasteiger partial charge in [-0.15, -0.1) is 12.4 Å². The average molecular weight is 579 g/mol. The SMILES string of the molecule is CC1=C(C(N)=O)C(c2ccc([N+](=O)[O-])cc2)C(C(=O)NCCCN2CCC(C#N)(c3ccccc3)CC2)=C(C)N1.Cl. The summed E-state index contributed by atoms with van der Waals surface area (Å²) in [5.41, 5.74) is 8.54. The Kier molecular flexibility index (Phi) is 10.3. The predicted octanol–water partition coefficient (Wildman–Crippen LogP) is 3.80. The van der Waals surface area contributed by atoms with Crippen LogP contribution in [0.15, 0.2) is 77.1 Å². The Labute approximate surface area is 245 Å². The summed E-state index contributed by atoms with van der Waals surface area (Å²) < 4.78 is 0. The van der Waals surface area contributed by atoms with Gasteiger partial charge in [0.25, 0.3) is 5.69 Å². The first-order valence-corrected chi connectivity index (χ1v) is 13.4. The topological polar surface area (TPSA) is 154 Å². The van der Waals surface area contributed by atoms with Crippen LogP contribution in [0.4, 0.5) is 5.69 Å². The van der Waals surface area contributed by atoms with Crippen molar-refractivity contribution < 1.29 is 14.5 Å². The molecule has 10 nitrogen and oxygen atoms in total. The molecule has 0 aliphatic carbocycles. The molecule has 4 rings (SSSR count). The lowest BCUT2D eigenvalue weighted by Gasteiger charge is -2.37. The average Bonchev–Trinajstić information content (AvgIpc) is 2.95. The maximum Gasteiger partial charge on any atom is 0.269 e.